The summed E-state index contributed by atoms with van der Waals surface area (Å²) in [5.41, 5.74) is 1.26. The van der Waals surface area contributed by atoms with Gasteiger partial charge in [-0.2, -0.15) is 0 Å². The van der Waals surface area contributed by atoms with Gasteiger partial charge in [-0.05, 0) is 12.5 Å². The van der Waals surface area contributed by atoms with Crippen molar-refractivity contribution in [1.82, 2.24) is 5.32 Å². The number of hydrogen-bond donors (Lipinski definition) is 2. The fraction of sp³-hybridized carbons (Fsp3) is 0.400. The zero-order valence-corrected chi connectivity index (χ0v) is 7.12. The Hall–Kier alpha value is -0.860. The number of hydrogen-bond acceptors (Lipinski definition) is 2. The van der Waals surface area contributed by atoms with Crippen LogP contribution in [0.3, 0.4) is 0 Å². The van der Waals surface area contributed by atoms with Crippen LogP contribution in [0.15, 0.2) is 30.3 Å². The van der Waals surface area contributed by atoms with Crippen LogP contribution in [0.2, 0.25) is 0 Å². The fourth-order valence-electron chi connectivity index (χ4n) is 1.62. The van der Waals surface area contributed by atoms with E-state index in [1.54, 1.807) is 0 Å². The quantitative estimate of drug-likeness (QED) is 0.635. The van der Waals surface area contributed by atoms with Crippen molar-refractivity contribution in [2.45, 2.75) is 18.5 Å². The SMILES string of the molecule is C[C@]1(c2ccccc2)N[C@H]1CO. The second-order valence-corrected chi connectivity index (χ2v) is 3.45. The van der Waals surface area contributed by atoms with Gasteiger partial charge in [0.05, 0.1) is 18.2 Å². The monoisotopic (exact) mass is 163 g/mol. The molecule has 1 saturated heterocycles. The molecule has 1 fully saturated rings. The molecule has 64 valence electrons. The number of rotatable bonds is 2. The Balaban J connectivity index is 2.23. The molecule has 0 aromatic heterocycles. The minimum Gasteiger partial charge on any atom is -0.395 e. The molecule has 0 bridgehead atoms. The van der Waals surface area contributed by atoms with Crippen molar-refractivity contribution in [1.29, 1.82) is 0 Å². The minimum atomic E-state index is 0.00993. The maximum Gasteiger partial charge on any atom is 0.0606 e. The summed E-state index contributed by atoms with van der Waals surface area (Å²) < 4.78 is 0. The highest BCUT2D eigenvalue weighted by Gasteiger charge is 2.49. The Morgan fingerprint density at radius 1 is 1.42 bits per heavy atom. The van der Waals surface area contributed by atoms with Crippen molar-refractivity contribution in [2.75, 3.05) is 6.61 Å². The molecule has 2 heteroatoms. The van der Waals surface area contributed by atoms with Crippen molar-refractivity contribution in [3.63, 3.8) is 0 Å². The summed E-state index contributed by atoms with van der Waals surface area (Å²) in [6.07, 6.45) is 0. The third-order valence-electron chi connectivity index (χ3n) is 2.64. The maximum absolute atomic E-state index is 8.94. The third kappa shape index (κ3) is 1.04. The first-order valence-corrected chi connectivity index (χ1v) is 4.21. The number of aliphatic hydroxyl groups is 1. The Kier molecular flexibility index (Phi) is 1.67. The molecular weight excluding hydrogens is 150 g/mol. The van der Waals surface area contributed by atoms with Gasteiger partial charge in [-0.3, -0.25) is 5.32 Å². The molecule has 0 unspecified atom stereocenters. The molecule has 1 aliphatic rings. The Morgan fingerprint density at radius 2 is 2.08 bits per heavy atom. The zero-order chi connectivity index (χ0) is 8.60. The highest BCUT2D eigenvalue weighted by Crippen LogP contribution is 2.36. The van der Waals surface area contributed by atoms with Gasteiger partial charge in [-0.25, -0.2) is 0 Å². The first-order valence-electron chi connectivity index (χ1n) is 4.21. The van der Waals surface area contributed by atoms with Gasteiger partial charge in [0.25, 0.3) is 0 Å². The van der Waals surface area contributed by atoms with Gasteiger partial charge in [0.2, 0.25) is 0 Å². The van der Waals surface area contributed by atoms with E-state index in [0.29, 0.717) is 0 Å². The van der Waals surface area contributed by atoms with E-state index in [2.05, 4.69) is 24.4 Å². The Morgan fingerprint density at radius 3 is 2.58 bits per heavy atom. The second kappa shape index (κ2) is 2.57. The van der Waals surface area contributed by atoms with Crippen LogP contribution in [0.5, 0.6) is 0 Å². The molecule has 0 saturated carbocycles. The standard InChI is InChI=1S/C10H13NO/c1-10(9(7-12)11-10)8-5-3-2-4-6-8/h2-6,9,11-12H,7H2,1H3/t9-,10+/m0/s1. The maximum atomic E-state index is 8.94. The summed E-state index contributed by atoms with van der Waals surface area (Å²) in [6.45, 7) is 2.33. The molecule has 1 aromatic carbocycles. The van der Waals surface area contributed by atoms with E-state index in [9.17, 15) is 0 Å². The van der Waals surface area contributed by atoms with Crippen LogP contribution in [-0.2, 0) is 5.54 Å². The van der Waals surface area contributed by atoms with Crippen molar-refractivity contribution < 1.29 is 5.11 Å². The average molecular weight is 163 g/mol. The highest BCUT2D eigenvalue weighted by molar-refractivity contribution is 5.32. The molecule has 1 aromatic rings. The van der Waals surface area contributed by atoms with Gasteiger partial charge in [0.1, 0.15) is 0 Å². The lowest BCUT2D eigenvalue weighted by Gasteiger charge is -2.07. The largest absolute Gasteiger partial charge is 0.395 e. The van der Waals surface area contributed by atoms with Gasteiger partial charge in [-0.1, -0.05) is 30.3 Å². The van der Waals surface area contributed by atoms with E-state index in [1.807, 2.05) is 18.2 Å². The summed E-state index contributed by atoms with van der Waals surface area (Å²) >= 11 is 0. The smallest absolute Gasteiger partial charge is 0.0606 e. The molecule has 1 aliphatic heterocycles. The van der Waals surface area contributed by atoms with Crippen molar-refractivity contribution in [3.8, 4) is 0 Å². The molecule has 0 spiro atoms. The van der Waals surface area contributed by atoms with Gasteiger partial charge in [0, 0.05) is 0 Å². The summed E-state index contributed by atoms with van der Waals surface area (Å²) in [7, 11) is 0. The lowest BCUT2D eigenvalue weighted by atomic mass is 9.98. The molecular formula is C10H13NO. The average Bonchev–Trinajstić information content (AvgIpc) is 2.81. The molecule has 2 atom stereocenters. The van der Waals surface area contributed by atoms with E-state index >= 15 is 0 Å². The van der Waals surface area contributed by atoms with Crippen LogP contribution < -0.4 is 5.32 Å². The number of nitrogens with one attached hydrogen (secondary N) is 1. The summed E-state index contributed by atoms with van der Waals surface area (Å²) in [6, 6.07) is 10.5. The topological polar surface area (TPSA) is 42.2 Å². The molecule has 1 heterocycles. The predicted molar refractivity (Wildman–Crippen MR) is 47.8 cm³/mol. The molecule has 0 amide bonds. The fourth-order valence-corrected chi connectivity index (χ4v) is 1.62. The first-order chi connectivity index (χ1) is 5.77. The summed E-state index contributed by atoms with van der Waals surface area (Å²) in [5, 5.41) is 12.2. The van der Waals surface area contributed by atoms with E-state index < -0.39 is 0 Å². The van der Waals surface area contributed by atoms with Crippen LogP contribution in [-0.4, -0.2) is 17.8 Å². The van der Waals surface area contributed by atoms with E-state index in [4.69, 9.17) is 5.11 Å². The van der Waals surface area contributed by atoms with Crippen molar-refractivity contribution >= 4 is 0 Å². The Labute approximate surface area is 72.2 Å². The van der Waals surface area contributed by atoms with Crippen LogP contribution in [0, 0.1) is 0 Å². The summed E-state index contributed by atoms with van der Waals surface area (Å²) in [5.74, 6) is 0. The highest BCUT2D eigenvalue weighted by atomic mass is 16.3. The Bertz CT molecular complexity index is 272. The normalized spacial score (nSPS) is 33.3. The minimum absolute atomic E-state index is 0.00993. The molecule has 2 N–H and O–H groups in total. The predicted octanol–water partition coefficient (Wildman–Crippen LogP) is 0.866. The lowest BCUT2D eigenvalue weighted by Crippen LogP contribution is -2.10. The van der Waals surface area contributed by atoms with E-state index in [1.165, 1.54) is 5.56 Å². The molecule has 12 heavy (non-hydrogen) atoms. The number of aliphatic hydroxyl groups excluding tert-OH is 1. The molecule has 2 rings (SSSR count). The van der Waals surface area contributed by atoms with Gasteiger partial charge in [-0.15, -0.1) is 0 Å². The number of benzene rings is 1. The first kappa shape index (κ1) is 7.77. The van der Waals surface area contributed by atoms with Crippen molar-refractivity contribution in [3.05, 3.63) is 35.9 Å². The van der Waals surface area contributed by atoms with Crippen LogP contribution >= 0.6 is 0 Å². The van der Waals surface area contributed by atoms with Gasteiger partial charge < -0.3 is 5.11 Å². The lowest BCUT2D eigenvalue weighted by molar-refractivity contribution is 0.289. The molecule has 0 aliphatic carbocycles. The second-order valence-electron chi connectivity index (χ2n) is 3.45. The van der Waals surface area contributed by atoms with E-state index in [0.717, 1.165) is 0 Å². The third-order valence-corrected chi connectivity index (χ3v) is 2.64. The van der Waals surface area contributed by atoms with Crippen molar-refractivity contribution in [2.24, 2.45) is 0 Å². The van der Waals surface area contributed by atoms with Gasteiger partial charge in [0.15, 0.2) is 0 Å². The summed E-state index contributed by atoms with van der Waals surface area (Å²) in [4.78, 5) is 0. The van der Waals surface area contributed by atoms with Crippen LogP contribution in [0.4, 0.5) is 0 Å². The molecule has 0 radical (unpaired) electrons. The van der Waals surface area contributed by atoms with Crippen LogP contribution in [0.25, 0.3) is 0 Å². The van der Waals surface area contributed by atoms with E-state index in [-0.39, 0.29) is 18.2 Å². The zero-order valence-electron chi connectivity index (χ0n) is 7.12. The van der Waals surface area contributed by atoms with Crippen LogP contribution in [0.1, 0.15) is 12.5 Å². The molecule has 2 nitrogen and oxygen atoms in total. The van der Waals surface area contributed by atoms with Gasteiger partial charge >= 0.3 is 0 Å².